The van der Waals surface area contributed by atoms with Crippen LogP contribution in [0.4, 0.5) is 10.1 Å². The first-order valence-electron chi connectivity index (χ1n) is 5.23. The van der Waals surface area contributed by atoms with Crippen molar-refractivity contribution in [2.24, 2.45) is 0 Å². The maximum Gasteiger partial charge on any atom is 0.126 e. The Morgan fingerprint density at radius 2 is 2.17 bits per heavy atom. The highest BCUT2D eigenvalue weighted by molar-refractivity contribution is 9.10. The second-order valence-electron chi connectivity index (χ2n) is 3.90. The largest absolute Gasteiger partial charge is 0.369 e. The fraction of sp³-hybridized carbons (Fsp3) is 0.154. The Labute approximate surface area is 117 Å². The Morgan fingerprint density at radius 1 is 1.39 bits per heavy atom. The predicted molar refractivity (Wildman–Crippen MR) is 75.2 cm³/mol. The zero-order valence-corrected chi connectivity index (χ0v) is 12.1. The van der Waals surface area contributed by atoms with Gasteiger partial charge in [0.25, 0.3) is 0 Å². The molecule has 0 amide bonds. The van der Waals surface area contributed by atoms with E-state index in [1.165, 1.54) is 17.0 Å². The number of hydrogen-bond acceptors (Lipinski definition) is 3. The number of halogens is 2. The molecule has 0 fully saturated rings. The molecule has 1 aromatic heterocycles. The molecule has 0 aliphatic carbocycles. The van der Waals surface area contributed by atoms with Gasteiger partial charge in [0.15, 0.2) is 0 Å². The van der Waals surface area contributed by atoms with Crippen molar-refractivity contribution >= 4 is 33.0 Å². The summed E-state index contributed by atoms with van der Waals surface area (Å²) in [7, 11) is 1.88. The number of nitriles is 1. The molecule has 0 unspecified atom stereocenters. The molecule has 0 aliphatic rings. The fourth-order valence-electron chi connectivity index (χ4n) is 1.62. The van der Waals surface area contributed by atoms with Crippen molar-refractivity contribution in [3.05, 3.63) is 50.4 Å². The Hall–Kier alpha value is -1.38. The van der Waals surface area contributed by atoms with Crippen molar-refractivity contribution in [3.63, 3.8) is 0 Å². The lowest BCUT2D eigenvalue weighted by Gasteiger charge is -2.18. The minimum Gasteiger partial charge on any atom is -0.369 e. The smallest absolute Gasteiger partial charge is 0.126 e. The number of benzene rings is 1. The highest BCUT2D eigenvalue weighted by atomic mass is 79.9. The molecular weight excluding hydrogens is 315 g/mol. The molecule has 5 heteroatoms. The normalized spacial score (nSPS) is 10.1. The summed E-state index contributed by atoms with van der Waals surface area (Å²) >= 11 is 5.04. The molecule has 2 aromatic rings. The summed E-state index contributed by atoms with van der Waals surface area (Å²) in [4.78, 5) is 3.09. The number of anilines is 1. The summed E-state index contributed by atoms with van der Waals surface area (Å²) in [6.07, 6.45) is 0. The molecule has 0 atom stereocenters. The Kier molecular flexibility index (Phi) is 4.00. The summed E-state index contributed by atoms with van der Waals surface area (Å²) in [6.45, 7) is 0.685. The van der Waals surface area contributed by atoms with Gasteiger partial charge in [-0.05, 0) is 40.2 Å². The first-order chi connectivity index (χ1) is 8.58. The van der Waals surface area contributed by atoms with Crippen LogP contribution in [0.5, 0.6) is 0 Å². The van der Waals surface area contributed by atoms with Crippen LogP contribution in [0.25, 0.3) is 0 Å². The molecule has 1 heterocycles. The third-order valence-electron chi connectivity index (χ3n) is 2.47. The van der Waals surface area contributed by atoms with E-state index in [4.69, 9.17) is 5.26 Å². The molecule has 0 aliphatic heterocycles. The third-order valence-corrected chi connectivity index (χ3v) is 4.15. The predicted octanol–water partition coefficient (Wildman–Crippen LogP) is 4.16. The van der Waals surface area contributed by atoms with Gasteiger partial charge in [0.1, 0.15) is 5.82 Å². The second-order valence-corrected chi connectivity index (χ2v) is 5.81. The highest BCUT2D eigenvalue weighted by Crippen LogP contribution is 2.24. The van der Waals surface area contributed by atoms with Crippen molar-refractivity contribution in [1.29, 1.82) is 5.26 Å². The van der Waals surface area contributed by atoms with Gasteiger partial charge in [-0.2, -0.15) is 5.26 Å². The van der Waals surface area contributed by atoms with Gasteiger partial charge >= 0.3 is 0 Å². The number of thiophene rings is 1. The van der Waals surface area contributed by atoms with Crippen molar-refractivity contribution in [1.82, 2.24) is 0 Å². The van der Waals surface area contributed by atoms with Crippen LogP contribution in [-0.4, -0.2) is 7.05 Å². The molecule has 0 bridgehead atoms. The van der Waals surface area contributed by atoms with E-state index >= 15 is 0 Å². The minimum atomic E-state index is -0.386. The second kappa shape index (κ2) is 5.51. The summed E-state index contributed by atoms with van der Waals surface area (Å²) in [6, 6.07) is 8.35. The molecule has 18 heavy (non-hydrogen) atoms. The monoisotopic (exact) mass is 324 g/mol. The maximum atomic E-state index is 13.3. The molecule has 0 N–H and O–H groups in total. The van der Waals surface area contributed by atoms with E-state index in [2.05, 4.69) is 15.9 Å². The molecule has 92 valence electrons. The van der Waals surface area contributed by atoms with E-state index in [0.29, 0.717) is 17.8 Å². The van der Waals surface area contributed by atoms with Crippen LogP contribution in [0.2, 0.25) is 0 Å². The first-order valence-corrected chi connectivity index (χ1v) is 6.90. The van der Waals surface area contributed by atoms with Crippen LogP contribution in [0, 0.1) is 17.1 Å². The summed E-state index contributed by atoms with van der Waals surface area (Å²) in [5.74, 6) is -0.386. The van der Waals surface area contributed by atoms with E-state index < -0.39 is 0 Å². The van der Waals surface area contributed by atoms with Gasteiger partial charge in [0, 0.05) is 27.5 Å². The van der Waals surface area contributed by atoms with E-state index in [9.17, 15) is 4.39 Å². The zero-order chi connectivity index (χ0) is 13.1. The molecule has 0 saturated carbocycles. The number of rotatable bonds is 3. The Bertz CT molecular complexity index is 603. The maximum absolute atomic E-state index is 13.3. The van der Waals surface area contributed by atoms with E-state index in [1.54, 1.807) is 17.4 Å². The van der Waals surface area contributed by atoms with Crippen molar-refractivity contribution in [2.45, 2.75) is 6.54 Å². The minimum absolute atomic E-state index is 0.337. The van der Waals surface area contributed by atoms with E-state index in [-0.39, 0.29) is 5.82 Å². The van der Waals surface area contributed by atoms with Gasteiger partial charge in [0.2, 0.25) is 0 Å². The molecule has 0 saturated heterocycles. The van der Waals surface area contributed by atoms with Crippen molar-refractivity contribution < 1.29 is 4.39 Å². The van der Waals surface area contributed by atoms with Crippen LogP contribution in [0.1, 0.15) is 10.4 Å². The first kappa shape index (κ1) is 13.1. The lowest BCUT2D eigenvalue weighted by Crippen LogP contribution is -2.15. The molecule has 2 rings (SSSR count). The molecular formula is C13H10BrFN2S. The van der Waals surface area contributed by atoms with Gasteiger partial charge in [-0.15, -0.1) is 11.3 Å². The summed E-state index contributed by atoms with van der Waals surface area (Å²) in [5.41, 5.74) is 1.04. The van der Waals surface area contributed by atoms with Crippen LogP contribution in [-0.2, 0) is 6.54 Å². The van der Waals surface area contributed by atoms with Crippen molar-refractivity contribution in [2.75, 3.05) is 11.9 Å². The number of hydrogen-bond donors (Lipinski definition) is 0. The van der Waals surface area contributed by atoms with Gasteiger partial charge in [-0.3, -0.25) is 0 Å². The van der Waals surface area contributed by atoms with Crippen LogP contribution < -0.4 is 4.90 Å². The molecule has 0 radical (unpaired) electrons. The zero-order valence-electron chi connectivity index (χ0n) is 9.65. The third kappa shape index (κ3) is 3.09. The summed E-state index contributed by atoms with van der Waals surface area (Å²) in [5, 5.41) is 10.8. The van der Waals surface area contributed by atoms with Gasteiger partial charge in [-0.25, -0.2) is 4.39 Å². The topological polar surface area (TPSA) is 27.0 Å². The standard InChI is InChI=1S/C13H10BrFN2S/c1-17(7-13-4-10(14)8-18-13)12-3-9(6-16)2-11(15)5-12/h2-5,8H,7H2,1H3. The molecule has 1 aromatic carbocycles. The van der Waals surface area contributed by atoms with Gasteiger partial charge in [0.05, 0.1) is 18.2 Å². The fourth-order valence-corrected chi connectivity index (χ4v) is 3.12. The van der Waals surface area contributed by atoms with Crippen LogP contribution in [0.3, 0.4) is 0 Å². The summed E-state index contributed by atoms with van der Waals surface area (Å²) < 4.78 is 14.4. The van der Waals surface area contributed by atoms with E-state index in [1.807, 2.05) is 29.5 Å². The molecule has 0 spiro atoms. The van der Waals surface area contributed by atoms with Crippen molar-refractivity contribution in [3.8, 4) is 6.07 Å². The number of nitrogens with zero attached hydrogens (tertiary/aromatic N) is 2. The van der Waals surface area contributed by atoms with Gasteiger partial charge < -0.3 is 4.90 Å². The lowest BCUT2D eigenvalue weighted by atomic mass is 10.2. The lowest BCUT2D eigenvalue weighted by molar-refractivity contribution is 0.626. The van der Waals surface area contributed by atoms with Crippen LogP contribution >= 0.6 is 27.3 Å². The van der Waals surface area contributed by atoms with E-state index in [0.717, 1.165) is 4.47 Å². The van der Waals surface area contributed by atoms with Crippen LogP contribution in [0.15, 0.2) is 34.1 Å². The molecule has 2 nitrogen and oxygen atoms in total. The highest BCUT2D eigenvalue weighted by Gasteiger charge is 2.07. The average molecular weight is 325 g/mol. The Morgan fingerprint density at radius 3 is 2.78 bits per heavy atom. The SMILES string of the molecule is CN(Cc1cc(Br)cs1)c1cc(F)cc(C#N)c1. The average Bonchev–Trinajstić information content (AvgIpc) is 2.73. The van der Waals surface area contributed by atoms with Gasteiger partial charge in [-0.1, -0.05) is 0 Å². The Balaban J connectivity index is 2.21. The quantitative estimate of drug-likeness (QED) is 0.847.